The second-order valence-electron chi connectivity index (χ2n) is 5.88. The fraction of sp³-hybridized carbons (Fsp3) is 0.143. The molecule has 3 aromatic rings. The molecule has 0 bridgehead atoms. The second kappa shape index (κ2) is 5.26. The summed E-state index contributed by atoms with van der Waals surface area (Å²) in [5, 5.41) is 0. The molecule has 1 heterocycles. The maximum atomic E-state index is 2.35. The van der Waals surface area contributed by atoms with E-state index in [0.717, 1.165) is 0 Å². The molecule has 1 unspecified atom stereocenters. The maximum absolute atomic E-state index is 2.35. The summed E-state index contributed by atoms with van der Waals surface area (Å²) in [5.74, 6) is 0.372. The first-order valence-corrected chi connectivity index (χ1v) is 8.49. The van der Waals surface area contributed by atoms with Gasteiger partial charge in [0, 0.05) is 15.7 Å². The summed E-state index contributed by atoms with van der Waals surface area (Å²) >= 11 is 1.94. The van der Waals surface area contributed by atoms with Crippen molar-refractivity contribution in [1.82, 2.24) is 0 Å². The lowest BCUT2D eigenvalue weighted by atomic mass is 9.88. The van der Waals surface area contributed by atoms with E-state index in [-0.39, 0.29) is 0 Å². The molecular formula is C21H18S. The highest BCUT2D eigenvalue weighted by atomic mass is 32.1. The smallest absolute Gasteiger partial charge is 0.0448 e. The third-order valence-electron chi connectivity index (χ3n) is 4.46. The van der Waals surface area contributed by atoms with Gasteiger partial charge >= 0.3 is 0 Å². The Bertz CT molecular complexity index is 838. The number of benzene rings is 2. The molecule has 0 saturated carbocycles. The first kappa shape index (κ1) is 13.5. The van der Waals surface area contributed by atoms with E-state index in [4.69, 9.17) is 0 Å². The lowest BCUT2D eigenvalue weighted by Crippen LogP contribution is -1.99. The number of hydrogen-bond donors (Lipinski definition) is 0. The van der Waals surface area contributed by atoms with E-state index in [1.807, 2.05) is 11.3 Å². The molecule has 0 nitrogen and oxygen atoms in total. The Balaban J connectivity index is 1.96. The van der Waals surface area contributed by atoms with Crippen molar-refractivity contribution in [3.63, 3.8) is 0 Å². The van der Waals surface area contributed by atoms with Gasteiger partial charge in [0.1, 0.15) is 0 Å². The summed E-state index contributed by atoms with van der Waals surface area (Å²) < 4.78 is 0. The van der Waals surface area contributed by atoms with Gasteiger partial charge in [0.2, 0.25) is 0 Å². The predicted octanol–water partition coefficient (Wildman–Crippen LogP) is 6.13. The third-order valence-corrected chi connectivity index (χ3v) is 5.58. The zero-order valence-electron chi connectivity index (χ0n) is 12.8. The van der Waals surface area contributed by atoms with Crippen molar-refractivity contribution < 1.29 is 0 Å². The Kier molecular flexibility index (Phi) is 3.24. The summed E-state index contributed by atoms with van der Waals surface area (Å²) in [5.41, 5.74) is 7.07. The minimum Gasteiger partial charge on any atom is -0.144 e. The molecule has 108 valence electrons. The van der Waals surface area contributed by atoms with Gasteiger partial charge in [-0.25, -0.2) is 0 Å². The van der Waals surface area contributed by atoms with Gasteiger partial charge in [-0.05, 0) is 47.8 Å². The number of hydrogen-bond acceptors (Lipinski definition) is 1. The average Bonchev–Trinajstić information content (AvgIpc) is 3.05. The molecule has 2 aromatic carbocycles. The Morgan fingerprint density at radius 2 is 1.45 bits per heavy atom. The van der Waals surface area contributed by atoms with Crippen molar-refractivity contribution >= 4 is 22.5 Å². The van der Waals surface area contributed by atoms with Crippen molar-refractivity contribution in [2.45, 2.75) is 19.8 Å². The second-order valence-corrected chi connectivity index (χ2v) is 7.17. The van der Waals surface area contributed by atoms with E-state index in [1.165, 1.54) is 37.6 Å². The molecule has 0 amide bonds. The Morgan fingerprint density at radius 1 is 0.818 bits per heavy atom. The van der Waals surface area contributed by atoms with Crippen molar-refractivity contribution in [2.75, 3.05) is 0 Å². The normalized spacial score (nSPS) is 16.9. The molecule has 22 heavy (non-hydrogen) atoms. The van der Waals surface area contributed by atoms with Crippen LogP contribution in [0.5, 0.6) is 0 Å². The van der Waals surface area contributed by atoms with Crippen LogP contribution >= 0.6 is 11.3 Å². The summed E-state index contributed by atoms with van der Waals surface area (Å²) in [7, 11) is 0. The molecule has 1 aliphatic carbocycles. The zero-order chi connectivity index (χ0) is 15.1. The highest BCUT2D eigenvalue weighted by Crippen LogP contribution is 2.52. The van der Waals surface area contributed by atoms with E-state index in [9.17, 15) is 0 Å². The van der Waals surface area contributed by atoms with Crippen LogP contribution in [0, 0.1) is 6.92 Å². The molecule has 0 radical (unpaired) electrons. The van der Waals surface area contributed by atoms with E-state index < -0.39 is 0 Å². The number of aryl methyl sites for hydroxylation is 1. The Labute approximate surface area is 135 Å². The molecule has 0 N–H and O–H groups in total. The molecule has 0 saturated heterocycles. The van der Waals surface area contributed by atoms with E-state index in [1.54, 1.807) is 0 Å². The third kappa shape index (κ3) is 2.05. The number of fused-ring (bicyclic) bond motifs is 1. The lowest BCUT2D eigenvalue weighted by molar-refractivity contribution is 1.10. The molecule has 4 rings (SSSR count). The molecule has 1 aliphatic rings. The van der Waals surface area contributed by atoms with Crippen molar-refractivity contribution in [3.05, 3.63) is 93.2 Å². The molecule has 1 atom stereocenters. The van der Waals surface area contributed by atoms with Crippen LogP contribution in [0.4, 0.5) is 0 Å². The Morgan fingerprint density at radius 3 is 2.14 bits per heavy atom. The highest BCUT2D eigenvalue weighted by molar-refractivity contribution is 7.12. The van der Waals surface area contributed by atoms with Crippen LogP contribution in [0.2, 0.25) is 0 Å². The predicted molar refractivity (Wildman–Crippen MR) is 96.3 cm³/mol. The minimum absolute atomic E-state index is 0.372. The average molecular weight is 302 g/mol. The van der Waals surface area contributed by atoms with E-state index >= 15 is 0 Å². The monoisotopic (exact) mass is 302 g/mol. The van der Waals surface area contributed by atoms with Gasteiger partial charge in [0.05, 0.1) is 0 Å². The van der Waals surface area contributed by atoms with Crippen LogP contribution < -0.4 is 0 Å². The number of rotatable bonds is 2. The fourth-order valence-corrected chi connectivity index (χ4v) is 4.71. The standard InChI is InChI=1S/C21H18S/c1-14-13-18-15(2)19(16-9-5-3-6-10-16)20(21(18)22-14)17-11-7-4-8-12-17/h3-13,20H,1-2H3. The van der Waals surface area contributed by atoms with Gasteiger partial charge in [0.15, 0.2) is 0 Å². The van der Waals surface area contributed by atoms with Crippen LogP contribution in [0.3, 0.4) is 0 Å². The van der Waals surface area contributed by atoms with Gasteiger partial charge in [-0.2, -0.15) is 0 Å². The van der Waals surface area contributed by atoms with Gasteiger partial charge < -0.3 is 0 Å². The topological polar surface area (TPSA) is 0 Å². The van der Waals surface area contributed by atoms with Gasteiger partial charge in [-0.1, -0.05) is 60.7 Å². The van der Waals surface area contributed by atoms with Crippen LogP contribution in [0.25, 0.3) is 11.1 Å². The summed E-state index contributed by atoms with van der Waals surface area (Å²) in [6.07, 6.45) is 0. The molecular weight excluding hydrogens is 284 g/mol. The summed E-state index contributed by atoms with van der Waals surface area (Å²) in [6, 6.07) is 24.1. The Hall–Kier alpha value is -2.12. The minimum atomic E-state index is 0.372. The zero-order valence-corrected chi connectivity index (χ0v) is 13.7. The maximum Gasteiger partial charge on any atom is 0.0448 e. The first-order chi connectivity index (χ1) is 10.8. The fourth-order valence-electron chi connectivity index (χ4n) is 3.50. The van der Waals surface area contributed by atoms with Gasteiger partial charge in [-0.15, -0.1) is 11.3 Å². The van der Waals surface area contributed by atoms with Crippen LogP contribution in [-0.2, 0) is 0 Å². The van der Waals surface area contributed by atoms with Crippen molar-refractivity contribution in [1.29, 1.82) is 0 Å². The quantitative estimate of drug-likeness (QED) is 0.534. The SMILES string of the molecule is CC1=C(c2ccccc2)C(c2ccccc2)c2sc(C)cc21. The van der Waals surface area contributed by atoms with Gasteiger partial charge in [0.25, 0.3) is 0 Å². The lowest BCUT2D eigenvalue weighted by Gasteiger charge is -2.17. The largest absolute Gasteiger partial charge is 0.144 e. The van der Waals surface area contributed by atoms with E-state index in [2.05, 4.69) is 80.6 Å². The van der Waals surface area contributed by atoms with Crippen LogP contribution in [0.15, 0.2) is 66.7 Å². The molecule has 0 fully saturated rings. The van der Waals surface area contributed by atoms with Crippen molar-refractivity contribution in [2.24, 2.45) is 0 Å². The molecule has 0 spiro atoms. The first-order valence-electron chi connectivity index (χ1n) is 7.67. The molecule has 1 heteroatoms. The van der Waals surface area contributed by atoms with Crippen LogP contribution in [-0.4, -0.2) is 0 Å². The van der Waals surface area contributed by atoms with Crippen LogP contribution in [0.1, 0.15) is 39.3 Å². The summed E-state index contributed by atoms with van der Waals surface area (Å²) in [4.78, 5) is 2.90. The number of allylic oxidation sites excluding steroid dienone is 2. The van der Waals surface area contributed by atoms with Gasteiger partial charge in [-0.3, -0.25) is 0 Å². The summed E-state index contributed by atoms with van der Waals surface area (Å²) in [6.45, 7) is 4.48. The molecule has 1 aromatic heterocycles. The van der Waals surface area contributed by atoms with Crippen molar-refractivity contribution in [3.8, 4) is 0 Å². The van der Waals surface area contributed by atoms with E-state index in [0.29, 0.717) is 5.92 Å². The highest BCUT2D eigenvalue weighted by Gasteiger charge is 2.32. The number of thiophene rings is 1. The molecule has 0 aliphatic heterocycles.